The number of hydrazone groups is 1. The third-order valence-corrected chi connectivity index (χ3v) is 4.09. The van der Waals surface area contributed by atoms with Crippen molar-refractivity contribution in [3.63, 3.8) is 0 Å². The molecule has 0 aliphatic heterocycles. The fourth-order valence-corrected chi connectivity index (χ4v) is 2.64. The normalized spacial score (nSPS) is 10.7. The summed E-state index contributed by atoms with van der Waals surface area (Å²) >= 11 is 3.41. The molecule has 6 nitrogen and oxygen atoms in total. The lowest BCUT2D eigenvalue weighted by molar-refractivity contribution is 0.414. The highest BCUT2D eigenvalue weighted by Gasteiger charge is 2.14. The Morgan fingerprint density at radius 1 is 1.27 bits per heavy atom. The minimum absolute atomic E-state index is 0.138. The predicted octanol–water partition coefficient (Wildman–Crippen LogP) is 4.74. The molecule has 0 radical (unpaired) electrons. The lowest BCUT2D eigenvalue weighted by atomic mass is 10.1. The molecule has 1 heterocycles. The third-order valence-electron chi connectivity index (χ3n) is 3.59. The van der Waals surface area contributed by atoms with E-state index in [2.05, 4.69) is 31.4 Å². The number of ether oxygens (including phenoxy) is 1. The number of nitrogens with one attached hydrogen (secondary N) is 1. The van der Waals surface area contributed by atoms with Gasteiger partial charge in [-0.1, -0.05) is 33.6 Å². The van der Waals surface area contributed by atoms with Gasteiger partial charge in [0.05, 0.1) is 13.3 Å². The van der Waals surface area contributed by atoms with Gasteiger partial charge in [0.2, 0.25) is 11.6 Å². The maximum Gasteiger partial charge on any atom is 0.252 e. The summed E-state index contributed by atoms with van der Waals surface area (Å²) in [6.07, 6.45) is 1.58. The molecule has 0 fully saturated rings. The van der Waals surface area contributed by atoms with Crippen LogP contribution in [0.15, 0.2) is 56.5 Å². The topological polar surface area (TPSA) is 83.4 Å². The number of benzene rings is 2. The van der Waals surface area contributed by atoms with E-state index in [0.29, 0.717) is 11.6 Å². The molecule has 0 aliphatic rings. The molecule has 0 atom stereocenters. The Labute approximate surface area is 159 Å². The smallest absolute Gasteiger partial charge is 0.252 e. The van der Waals surface area contributed by atoms with Crippen molar-refractivity contribution >= 4 is 28.0 Å². The van der Waals surface area contributed by atoms with Crippen molar-refractivity contribution in [2.45, 2.75) is 6.92 Å². The quantitative estimate of drug-likeness (QED) is 0.485. The zero-order valence-electron chi connectivity index (χ0n) is 14.2. The molecule has 0 bridgehead atoms. The van der Waals surface area contributed by atoms with Crippen LogP contribution in [0.1, 0.15) is 16.8 Å². The molecule has 0 unspecified atom stereocenters. The fourth-order valence-electron chi connectivity index (χ4n) is 2.26. The summed E-state index contributed by atoms with van der Waals surface area (Å²) in [6, 6.07) is 15.3. The summed E-state index contributed by atoms with van der Waals surface area (Å²) in [5, 5.41) is 13.4. The Balaban J connectivity index is 1.83. The second-order valence-electron chi connectivity index (χ2n) is 5.43. The van der Waals surface area contributed by atoms with Gasteiger partial charge in [-0.25, -0.2) is 5.43 Å². The molecular formula is C19H15BrN4O2. The SMILES string of the molecule is COc1ccc(Br)cc1/C=N/Nc1oc(-c2ccc(C)cc2)nc1C#N. The number of halogens is 1. The highest BCUT2D eigenvalue weighted by atomic mass is 79.9. The lowest BCUT2D eigenvalue weighted by Crippen LogP contribution is -1.94. The van der Waals surface area contributed by atoms with Crippen LogP contribution in [0.5, 0.6) is 5.75 Å². The van der Waals surface area contributed by atoms with Crippen molar-refractivity contribution in [2.75, 3.05) is 12.5 Å². The molecule has 3 aromatic rings. The second kappa shape index (κ2) is 7.85. The van der Waals surface area contributed by atoms with Gasteiger partial charge in [-0.05, 0) is 37.3 Å². The van der Waals surface area contributed by atoms with Crippen LogP contribution in [0.3, 0.4) is 0 Å². The van der Waals surface area contributed by atoms with Gasteiger partial charge in [-0.3, -0.25) is 0 Å². The van der Waals surface area contributed by atoms with Crippen LogP contribution in [0.4, 0.5) is 5.88 Å². The lowest BCUT2D eigenvalue weighted by Gasteiger charge is -2.04. The van der Waals surface area contributed by atoms with Gasteiger partial charge in [0.1, 0.15) is 11.8 Å². The maximum absolute atomic E-state index is 9.27. The maximum atomic E-state index is 9.27. The molecule has 0 saturated carbocycles. The van der Waals surface area contributed by atoms with Crippen LogP contribution < -0.4 is 10.2 Å². The van der Waals surface area contributed by atoms with E-state index in [4.69, 9.17) is 9.15 Å². The Kier molecular flexibility index (Phi) is 5.34. The highest BCUT2D eigenvalue weighted by Crippen LogP contribution is 2.26. The van der Waals surface area contributed by atoms with E-state index >= 15 is 0 Å². The number of hydrogen-bond acceptors (Lipinski definition) is 6. The first-order valence-corrected chi connectivity index (χ1v) is 8.50. The molecule has 0 spiro atoms. The molecule has 26 heavy (non-hydrogen) atoms. The molecule has 130 valence electrons. The number of aromatic nitrogens is 1. The fraction of sp³-hybridized carbons (Fsp3) is 0.105. The van der Waals surface area contributed by atoms with E-state index in [0.717, 1.165) is 21.2 Å². The second-order valence-corrected chi connectivity index (χ2v) is 6.35. The molecule has 1 aromatic heterocycles. The standard InChI is InChI=1S/C19H15BrN4O2/c1-12-3-5-13(6-4-12)18-23-16(10-21)19(26-18)24-22-11-14-9-15(20)7-8-17(14)25-2/h3-9,11,24H,1-2H3/b22-11+. The van der Waals surface area contributed by atoms with Crippen molar-refractivity contribution in [2.24, 2.45) is 5.10 Å². The van der Waals surface area contributed by atoms with Gasteiger partial charge in [0.25, 0.3) is 5.88 Å². The summed E-state index contributed by atoms with van der Waals surface area (Å²) in [6.45, 7) is 2.00. The first-order valence-electron chi connectivity index (χ1n) is 7.71. The van der Waals surface area contributed by atoms with Crippen molar-refractivity contribution < 1.29 is 9.15 Å². The number of aryl methyl sites for hydroxylation is 1. The monoisotopic (exact) mass is 410 g/mol. The van der Waals surface area contributed by atoms with E-state index in [1.165, 1.54) is 0 Å². The Morgan fingerprint density at radius 3 is 2.73 bits per heavy atom. The largest absolute Gasteiger partial charge is 0.496 e. The summed E-state index contributed by atoms with van der Waals surface area (Å²) in [4.78, 5) is 4.21. The van der Waals surface area contributed by atoms with Crippen molar-refractivity contribution in [3.05, 3.63) is 63.8 Å². The van der Waals surface area contributed by atoms with E-state index in [-0.39, 0.29) is 11.6 Å². The first-order chi connectivity index (χ1) is 12.6. The molecule has 2 aromatic carbocycles. The number of anilines is 1. The predicted molar refractivity (Wildman–Crippen MR) is 103 cm³/mol. The van der Waals surface area contributed by atoms with Crippen molar-refractivity contribution in [1.29, 1.82) is 5.26 Å². The molecule has 7 heteroatoms. The molecule has 0 aliphatic carbocycles. The number of hydrogen-bond donors (Lipinski definition) is 1. The van der Waals surface area contributed by atoms with Crippen LogP contribution in [-0.4, -0.2) is 18.3 Å². The molecule has 3 rings (SSSR count). The number of rotatable bonds is 5. The van der Waals surface area contributed by atoms with E-state index in [1.807, 2.05) is 55.5 Å². The van der Waals surface area contributed by atoms with Gasteiger partial charge in [-0.15, -0.1) is 0 Å². The average Bonchev–Trinajstić information content (AvgIpc) is 3.06. The number of nitrogens with zero attached hydrogens (tertiary/aromatic N) is 3. The molecular weight excluding hydrogens is 396 g/mol. The van der Waals surface area contributed by atoms with Crippen LogP contribution in [0.25, 0.3) is 11.5 Å². The Hall–Kier alpha value is -3.11. The van der Waals surface area contributed by atoms with E-state index in [9.17, 15) is 5.26 Å². The van der Waals surface area contributed by atoms with Crippen LogP contribution in [0.2, 0.25) is 0 Å². The number of nitriles is 1. The Morgan fingerprint density at radius 2 is 2.04 bits per heavy atom. The van der Waals surface area contributed by atoms with Crippen LogP contribution in [0, 0.1) is 18.3 Å². The van der Waals surface area contributed by atoms with Gasteiger partial charge < -0.3 is 9.15 Å². The summed E-state index contributed by atoms with van der Waals surface area (Å²) in [5.41, 5.74) is 5.56. The summed E-state index contributed by atoms with van der Waals surface area (Å²) in [7, 11) is 1.59. The molecule has 0 amide bonds. The van der Waals surface area contributed by atoms with E-state index in [1.54, 1.807) is 13.3 Å². The van der Waals surface area contributed by atoms with Crippen molar-refractivity contribution in [1.82, 2.24) is 4.98 Å². The first kappa shape index (κ1) is 17.7. The average molecular weight is 411 g/mol. The summed E-state index contributed by atoms with van der Waals surface area (Å²) in [5.74, 6) is 1.23. The van der Waals surface area contributed by atoms with Crippen LogP contribution >= 0.6 is 15.9 Å². The zero-order chi connectivity index (χ0) is 18.5. The summed E-state index contributed by atoms with van der Waals surface area (Å²) < 4.78 is 11.8. The molecule has 1 N–H and O–H groups in total. The van der Waals surface area contributed by atoms with E-state index < -0.39 is 0 Å². The minimum Gasteiger partial charge on any atom is -0.496 e. The van der Waals surface area contributed by atoms with Gasteiger partial charge in [0.15, 0.2) is 0 Å². The molecule has 0 saturated heterocycles. The van der Waals surface area contributed by atoms with Gasteiger partial charge in [-0.2, -0.15) is 15.3 Å². The van der Waals surface area contributed by atoms with Crippen molar-refractivity contribution in [3.8, 4) is 23.3 Å². The Bertz CT molecular complexity index is 988. The third kappa shape index (κ3) is 3.92. The number of methoxy groups -OCH3 is 1. The van der Waals surface area contributed by atoms with Gasteiger partial charge in [0, 0.05) is 15.6 Å². The highest BCUT2D eigenvalue weighted by molar-refractivity contribution is 9.10. The van der Waals surface area contributed by atoms with Gasteiger partial charge >= 0.3 is 0 Å². The minimum atomic E-state index is 0.138. The number of oxazole rings is 1. The zero-order valence-corrected chi connectivity index (χ0v) is 15.7. The van der Waals surface area contributed by atoms with Crippen LogP contribution in [-0.2, 0) is 0 Å².